The topological polar surface area (TPSA) is 93.0 Å². The number of benzene rings is 2. The Morgan fingerprint density at radius 1 is 1.14 bits per heavy atom. The molecule has 0 saturated carbocycles. The summed E-state index contributed by atoms with van der Waals surface area (Å²) in [5, 5.41) is 13.1. The fourth-order valence-corrected chi connectivity index (χ4v) is 5.51. The molecule has 4 rings (SSSR count). The maximum absolute atomic E-state index is 13.8. The first-order chi connectivity index (χ1) is 17.9. The van der Waals surface area contributed by atoms with Gasteiger partial charge in [0.25, 0.3) is 11.6 Å². The Labute approximate surface area is 220 Å². The monoisotopic (exact) mass is 521 g/mol. The lowest BCUT2D eigenvalue weighted by molar-refractivity contribution is -0.384. The van der Waals surface area contributed by atoms with Crippen molar-refractivity contribution >= 4 is 28.8 Å². The number of thiophene rings is 1. The van der Waals surface area contributed by atoms with Gasteiger partial charge in [0.05, 0.1) is 11.0 Å². The molecule has 2 heterocycles. The van der Waals surface area contributed by atoms with E-state index in [0.29, 0.717) is 38.3 Å². The van der Waals surface area contributed by atoms with Crippen LogP contribution in [0.3, 0.4) is 0 Å². The highest BCUT2D eigenvalue weighted by Crippen LogP contribution is 2.38. The number of fused-ring (bicyclic) bond motifs is 1. The Bertz CT molecular complexity index is 1240. The molecular formula is C28H31N3O5S. The number of aryl methyl sites for hydroxylation is 1. The molecule has 8 nitrogen and oxygen atoms in total. The Kier molecular flexibility index (Phi) is 8.68. The number of hydrogen-bond donors (Lipinski definition) is 0. The van der Waals surface area contributed by atoms with E-state index in [2.05, 4.69) is 35.7 Å². The van der Waals surface area contributed by atoms with Crippen molar-refractivity contribution in [1.29, 1.82) is 0 Å². The van der Waals surface area contributed by atoms with E-state index in [-0.39, 0.29) is 30.1 Å². The number of non-ortho nitro benzene ring substituents is 1. The van der Waals surface area contributed by atoms with Crippen LogP contribution in [0.4, 0.5) is 5.69 Å². The minimum absolute atomic E-state index is 0.0796. The molecule has 0 saturated heterocycles. The fourth-order valence-electron chi connectivity index (χ4n) is 4.61. The first kappa shape index (κ1) is 26.5. The third-order valence-corrected chi connectivity index (χ3v) is 7.54. The number of rotatable bonds is 10. The van der Waals surface area contributed by atoms with Gasteiger partial charge in [-0.2, -0.15) is 0 Å². The Hall–Kier alpha value is -3.56. The molecule has 0 bridgehead atoms. The number of nitro groups is 1. The number of nitrogens with zero attached hydrogens (tertiary/aromatic N) is 3. The second-order valence-electron chi connectivity index (χ2n) is 9.03. The van der Waals surface area contributed by atoms with Crippen LogP contribution in [-0.2, 0) is 16.0 Å². The highest BCUT2D eigenvalue weighted by atomic mass is 32.1. The van der Waals surface area contributed by atoms with Crippen LogP contribution in [0.15, 0.2) is 60.0 Å². The summed E-state index contributed by atoms with van der Waals surface area (Å²) in [7, 11) is 0. The van der Waals surface area contributed by atoms with Crippen molar-refractivity contribution in [3.8, 4) is 0 Å². The van der Waals surface area contributed by atoms with Crippen LogP contribution < -0.4 is 0 Å². The molecule has 0 spiro atoms. The Morgan fingerprint density at radius 2 is 1.86 bits per heavy atom. The molecule has 1 atom stereocenters. The summed E-state index contributed by atoms with van der Waals surface area (Å²) in [4.78, 5) is 42.4. The summed E-state index contributed by atoms with van der Waals surface area (Å²) in [5.41, 5.74) is 3.55. The summed E-state index contributed by atoms with van der Waals surface area (Å²) >= 11 is 1.71. The zero-order chi connectivity index (χ0) is 26.4. The van der Waals surface area contributed by atoms with E-state index in [9.17, 15) is 19.7 Å². The van der Waals surface area contributed by atoms with Gasteiger partial charge in [0.15, 0.2) is 0 Å². The van der Waals surface area contributed by atoms with Gasteiger partial charge >= 0.3 is 0 Å². The highest BCUT2D eigenvalue weighted by molar-refractivity contribution is 7.10. The van der Waals surface area contributed by atoms with Crippen molar-refractivity contribution in [2.75, 3.05) is 32.8 Å². The van der Waals surface area contributed by atoms with Crippen molar-refractivity contribution in [3.05, 3.63) is 97.2 Å². The smallest absolute Gasteiger partial charge is 0.269 e. The van der Waals surface area contributed by atoms with Gasteiger partial charge in [-0.05, 0) is 61.4 Å². The molecule has 1 aliphatic heterocycles. The molecule has 37 heavy (non-hydrogen) atoms. The van der Waals surface area contributed by atoms with Gasteiger partial charge in [0.2, 0.25) is 5.91 Å². The molecule has 3 aromatic rings. The fraction of sp³-hybridized carbons (Fsp3) is 0.357. The minimum Gasteiger partial charge on any atom is -0.382 e. The van der Waals surface area contributed by atoms with Crippen molar-refractivity contribution in [3.63, 3.8) is 0 Å². The van der Waals surface area contributed by atoms with Crippen LogP contribution in [0.5, 0.6) is 0 Å². The summed E-state index contributed by atoms with van der Waals surface area (Å²) in [6.45, 7) is 5.82. The summed E-state index contributed by atoms with van der Waals surface area (Å²) in [6, 6.07) is 15.6. The maximum Gasteiger partial charge on any atom is 0.269 e. The second-order valence-corrected chi connectivity index (χ2v) is 10.0. The molecular weight excluding hydrogens is 490 g/mol. The third kappa shape index (κ3) is 6.23. The minimum atomic E-state index is -0.502. The maximum atomic E-state index is 13.8. The van der Waals surface area contributed by atoms with E-state index in [4.69, 9.17) is 4.74 Å². The standard InChI is InChI=1S/C28H31N3O5S/c1-3-36-17-4-15-29(28(33)22-9-11-23(12-10-22)31(34)35)19-26(32)30-16-13-25-24(14-18-37-25)27(30)21-7-5-20(2)6-8-21/h5-12,14,18,27H,3-4,13,15-17,19H2,1-2H3. The SMILES string of the molecule is CCOCCCN(CC(=O)N1CCc2sccc2C1c1ccc(C)cc1)C(=O)c1ccc([N+](=O)[O-])cc1. The number of carbonyl (C=O) groups is 2. The van der Waals surface area contributed by atoms with Gasteiger partial charge in [0, 0.05) is 48.9 Å². The second kappa shape index (κ2) is 12.1. The Morgan fingerprint density at radius 3 is 2.54 bits per heavy atom. The van der Waals surface area contributed by atoms with Crippen LogP contribution >= 0.6 is 11.3 Å². The molecule has 0 aliphatic carbocycles. The van der Waals surface area contributed by atoms with Gasteiger partial charge in [0.1, 0.15) is 6.54 Å². The number of ether oxygens (including phenoxy) is 1. The zero-order valence-electron chi connectivity index (χ0n) is 21.1. The summed E-state index contributed by atoms with van der Waals surface area (Å²) in [6.07, 6.45) is 1.36. The van der Waals surface area contributed by atoms with Crippen LogP contribution in [0, 0.1) is 17.0 Å². The number of amides is 2. The van der Waals surface area contributed by atoms with Crippen molar-refractivity contribution in [2.45, 2.75) is 32.7 Å². The van der Waals surface area contributed by atoms with Gasteiger partial charge in [-0.1, -0.05) is 29.8 Å². The van der Waals surface area contributed by atoms with Crippen LogP contribution in [0.25, 0.3) is 0 Å². The normalized spacial score (nSPS) is 14.8. The van der Waals surface area contributed by atoms with E-state index >= 15 is 0 Å². The number of hydrogen-bond acceptors (Lipinski definition) is 6. The third-order valence-electron chi connectivity index (χ3n) is 6.54. The molecule has 0 N–H and O–H groups in total. The van der Waals surface area contributed by atoms with Crippen LogP contribution in [0.1, 0.15) is 51.3 Å². The Balaban J connectivity index is 1.58. The van der Waals surface area contributed by atoms with E-state index in [1.807, 2.05) is 18.7 Å². The molecule has 1 unspecified atom stereocenters. The van der Waals surface area contributed by atoms with Gasteiger partial charge in [-0.15, -0.1) is 11.3 Å². The highest BCUT2D eigenvalue weighted by Gasteiger charge is 2.34. The van der Waals surface area contributed by atoms with E-state index < -0.39 is 4.92 Å². The lowest BCUT2D eigenvalue weighted by Gasteiger charge is -2.37. The van der Waals surface area contributed by atoms with Gasteiger partial charge < -0.3 is 14.5 Å². The van der Waals surface area contributed by atoms with Crippen LogP contribution in [-0.4, -0.2) is 59.4 Å². The lowest BCUT2D eigenvalue weighted by atomic mass is 9.92. The zero-order valence-corrected chi connectivity index (χ0v) is 21.9. The molecule has 0 fully saturated rings. The van der Waals surface area contributed by atoms with Crippen molar-refractivity contribution in [2.24, 2.45) is 0 Å². The molecule has 1 aliphatic rings. The number of nitro benzene ring substituents is 1. The van der Waals surface area contributed by atoms with Crippen molar-refractivity contribution < 1.29 is 19.2 Å². The molecule has 2 aromatic carbocycles. The van der Waals surface area contributed by atoms with E-state index in [1.165, 1.54) is 34.0 Å². The van der Waals surface area contributed by atoms with E-state index in [1.54, 1.807) is 11.3 Å². The molecule has 1 aromatic heterocycles. The predicted molar refractivity (Wildman–Crippen MR) is 143 cm³/mol. The lowest BCUT2D eigenvalue weighted by Crippen LogP contribution is -2.47. The first-order valence-electron chi connectivity index (χ1n) is 12.4. The van der Waals surface area contributed by atoms with Crippen LogP contribution in [0.2, 0.25) is 0 Å². The quantitative estimate of drug-likeness (QED) is 0.212. The average molecular weight is 522 g/mol. The summed E-state index contributed by atoms with van der Waals surface area (Å²) in [5.74, 6) is -0.464. The largest absolute Gasteiger partial charge is 0.382 e. The molecule has 194 valence electrons. The van der Waals surface area contributed by atoms with E-state index in [0.717, 1.165) is 23.1 Å². The molecule has 0 radical (unpaired) electrons. The number of carbonyl (C=O) groups excluding carboxylic acids is 2. The predicted octanol–water partition coefficient (Wildman–Crippen LogP) is 5.01. The first-order valence-corrected chi connectivity index (χ1v) is 13.3. The van der Waals surface area contributed by atoms with Gasteiger partial charge in [-0.25, -0.2) is 0 Å². The summed E-state index contributed by atoms with van der Waals surface area (Å²) < 4.78 is 5.44. The molecule has 9 heteroatoms. The molecule has 2 amide bonds. The van der Waals surface area contributed by atoms with Crippen molar-refractivity contribution in [1.82, 2.24) is 9.80 Å². The van der Waals surface area contributed by atoms with Gasteiger partial charge in [-0.3, -0.25) is 19.7 Å². The average Bonchev–Trinajstić information content (AvgIpc) is 3.39.